The molecule has 0 bridgehead atoms. The van der Waals surface area contributed by atoms with Crippen LogP contribution in [0.4, 0.5) is 5.69 Å². The summed E-state index contributed by atoms with van der Waals surface area (Å²) in [4.78, 5) is 13.7. The van der Waals surface area contributed by atoms with Crippen molar-refractivity contribution in [2.45, 2.75) is 11.7 Å². The molecule has 4 nitrogen and oxygen atoms in total. The fraction of sp³-hybridized carbons (Fsp3) is 0.273. The molecule has 2 rings (SSSR count). The summed E-state index contributed by atoms with van der Waals surface area (Å²) in [6.45, 7) is 0.702. The number of nitrogens with zero attached hydrogens (tertiary/aromatic N) is 1. The van der Waals surface area contributed by atoms with Crippen molar-refractivity contribution < 1.29 is 4.79 Å². The first kappa shape index (κ1) is 11.0. The van der Waals surface area contributed by atoms with Crippen molar-refractivity contribution in [2.24, 2.45) is 5.73 Å². The zero-order valence-corrected chi connectivity index (χ0v) is 9.54. The largest absolute Gasteiger partial charge is 0.379 e. The number of benzene rings is 1. The Morgan fingerprint density at radius 3 is 2.75 bits per heavy atom. The van der Waals surface area contributed by atoms with Gasteiger partial charge in [-0.05, 0) is 18.6 Å². The number of thioether (sulfide) groups is 1. The molecule has 1 atom stereocenters. The lowest BCUT2D eigenvalue weighted by molar-refractivity contribution is -0.116. The third-order valence-electron chi connectivity index (χ3n) is 2.49. The molecule has 1 fully saturated rings. The van der Waals surface area contributed by atoms with E-state index in [1.807, 2.05) is 30.3 Å². The number of anilines is 1. The van der Waals surface area contributed by atoms with E-state index in [2.05, 4.69) is 0 Å². The highest BCUT2D eigenvalue weighted by Crippen LogP contribution is 2.27. The van der Waals surface area contributed by atoms with Crippen LogP contribution in [0.2, 0.25) is 0 Å². The van der Waals surface area contributed by atoms with Crippen molar-refractivity contribution in [3.05, 3.63) is 30.3 Å². The smallest absolute Gasteiger partial charge is 0.240 e. The number of rotatable bonds is 2. The molecule has 1 aliphatic rings. The van der Waals surface area contributed by atoms with E-state index in [9.17, 15) is 4.79 Å². The highest BCUT2D eigenvalue weighted by Gasteiger charge is 2.33. The molecule has 1 heterocycles. The van der Waals surface area contributed by atoms with Crippen LogP contribution in [0.25, 0.3) is 0 Å². The highest BCUT2D eigenvalue weighted by atomic mass is 32.2. The van der Waals surface area contributed by atoms with Crippen molar-refractivity contribution in [3.8, 4) is 0 Å². The van der Waals surface area contributed by atoms with Crippen molar-refractivity contribution in [2.75, 3.05) is 11.4 Å². The number of hydrogen-bond acceptors (Lipinski definition) is 3. The second-order valence-corrected chi connectivity index (χ2v) is 4.83. The van der Waals surface area contributed by atoms with Gasteiger partial charge in [-0.2, -0.15) is 0 Å². The summed E-state index contributed by atoms with van der Waals surface area (Å²) in [7, 11) is 0. The van der Waals surface area contributed by atoms with E-state index in [-0.39, 0.29) is 16.3 Å². The topological polar surface area (TPSA) is 70.2 Å². The summed E-state index contributed by atoms with van der Waals surface area (Å²) in [5, 5.41) is 7.00. The van der Waals surface area contributed by atoms with Crippen LogP contribution < -0.4 is 10.6 Å². The van der Waals surface area contributed by atoms with Crippen LogP contribution in [-0.4, -0.2) is 22.9 Å². The number of carbonyl (C=O) groups excluding carboxylic acids is 1. The summed E-state index contributed by atoms with van der Waals surface area (Å²) in [6.07, 6.45) is 0.748. The van der Waals surface area contributed by atoms with Crippen LogP contribution in [0, 0.1) is 5.41 Å². The minimum atomic E-state index is -0.197. The standard InChI is InChI=1S/C11H13N3OS/c12-11(13)16-9-6-7-14(10(9)15)8-4-2-1-3-5-8/h1-5,9H,6-7H2,(H3,12,13). The maximum absolute atomic E-state index is 12.0. The lowest BCUT2D eigenvalue weighted by atomic mass is 10.3. The monoisotopic (exact) mass is 235 g/mol. The van der Waals surface area contributed by atoms with Gasteiger partial charge in [0.15, 0.2) is 5.17 Å². The molecule has 16 heavy (non-hydrogen) atoms. The van der Waals surface area contributed by atoms with Gasteiger partial charge in [-0.3, -0.25) is 10.2 Å². The number of carbonyl (C=O) groups is 1. The molecule has 0 aliphatic carbocycles. The summed E-state index contributed by atoms with van der Waals surface area (Å²) >= 11 is 1.14. The molecular weight excluding hydrogens is 222 g/mol. The molecule has 5 heteroatoms. The van der Waals surface area contributed by atoms with Gasteiger partial charge in [-0.1, -0.05) is 30.0 Å². The van der Waals surface area contributed by atoms with Gasteiger partial charge in [0.2, 0.25) is 5.91 Å². The summed E-state index contributed by atoms with van der Waals surface area (Å²) < 4.78 is 0. The molecule has 1 amide bonds. The van der Waals surface area contributed by atoms with Crippen LogP contribution in [0.5, 0.6) is 0 Å². The molecule has 0 aromatic heterocycles. The Bertz CT molecular complexity index is 407. The van der Waals surface area contributed by atoms with Crippen molar-refractivity contribution in [1.82, 2.24) is 0 Å². The van der Waals surface area contributed by atoms with E-state index in [4.69, 9.17) is 11.1 Å². The van der Waals surface area contributed by atoms with Gasteiger partial charge in [0, 0.05) is 12.2 Å². The van der Waals surface area contributed by atoms with E-state index in [1.54, 1.807) is 4.90 Å². The molecule has 3 N–H and O–H groups in total. The summed E-state index contributed by atoms with van der Waals surface area (Å²) in [5.74, 6) is 0.0476. The molecule has 1 saturated heterocycles. The lowest BCUT2D eigenvalue weighted by Gasteiger charge is -2.16. The van der Waals surface area contributed by atoms with Gasteiger partial charge in [-0.25, -0.2) is 0 Å². The van der Waals surface area contributed by atoms with Gasteiger partial charge in [0.05, 0.1) is 5.25 Å². The van der Waals surface area contributed by atoms with Crippen LogP contribution >= 0.6 is 11.8 Å². The summed E-state index contributed by atoms with van der Waals surface area (Å²) in [6, 6.07) is 9.57. The van der Waals surface area contributed by atoms with Gasteiger partial charge in [-0.15, -0.1) is 0 Å². The molecule has 0 saturated carbocycles. The number of nitrogens with one attached hydrogen (secondary N) is 1. The maximum Gasteiger partial charge on any atom is 0.240 e. The first-order valence-corrected chi connectivity index (χ1v) is 5.93. The Hall–Kier alpha value is -1.49. The van der Waals surface area contributed by atoms with Crippen molar-refractivity contribution >= 4 is 28.5 Å². The van der Waals surface area contributed by atoms with E-state index in [0.29, 0.717) is 6.54 Å². The van der Waals surface area contributed by atoms with Crippen LogP contribution in [0.1, 0.15) is 6.42 Å². The van der Waals surface area contributed by atoms with E-state index in [1.165, 1.54) is 0 Å². The highest BCUT2D eigenvalue weighted by molar-refractivity contribution is 8.14. The molecule has 0 spiro atoms. The molecule has 0 radical (unpaired) electrons. The predicted molar refractivity (Wildman–Crippen MR) is 66.7 cm³/mol. The maximum atomic E-state index is 12.0. The van der Waals surface area contributed by atoms with Crippen LogP contribution in [-0.2, 0) is 4.79 Å². The quantitative estimate of drug-likeness (QED) is 0.601. The lowest BCUT2D eigenvalue weighted by Crippen LogP contribution is -2.29. The average Bonchev–Trinajstić information content (AvgIpc) is 2.61. The van der Waals surface area contributed by atoms with Crippen molar-refractivity contribution in [3.63, 3.8) is 0 Å². The molecule has 84 valence electrons. The second-order valence-electron chi connectivity index (χ2n) is 3.58. The molecule has 1 unspecified atom stereocenters. The zero-order valence-electron chi connectivity index (χ0n) is 8.72. The van der Waals surface area contributed by atoms with Gasteiger partial charge in [0.25, 0.3) is 0 Å². The van der Waals surface area contributed by atoms with Gasteiger partial charge < -0.3 is 10.6 Å². The molecular formula is C11H13N3OS. The molecule has 1 aromatic rings. The zero-order chi connectivity index (χ0) is 11.5. The Balaban J connectivity index is 2.11. The minimum Gasteiger partial charge on any atom is -0.379 e. The predicted octanol–water partition coefficient (Wildman–Crippen LogP) is 1.42. The SMILES string of the molecule is N=C(N)SC1CCN(c2ccccc2)C1=O. The van der Waals surface area contributed by atoms with Crippen LogP contribution in [0.3, 0.4) is 0 Å². The first-order chi connectivity index (χ1) is 7.68. The van der Waals surface area contributed by atoms with E-state index < -0.39 is 0 Å². The third kappa shape index (κ3) is 2.19. The normalized spacial score (nSPS) is 20.1. The minimum absolute atomic E-state index is 0.00765. The number of nitrogens with two attached hydrogens (primary N) is 1. The third-order valence-corrected chi connectivity index (χ3v) is 3.47. The van der Waals surface area contributed by atoms with E-state index in [0.717, 1.165) is 23.9 Å². The Morgan fingerprint density at radius 1 is 1.44 bits per heavy atom. The number of para-hydroxylation sites is 1. The fourth-order valence-corrected chi connectivity index (χ4v) is 2.54. The fourth-order valence-electron chi connectivity index (χ4n) is 1.78. The van der Waals surface area contributed by atoms with E-state index >= 15 is 0 Å². The average molecular weight is 235 g/mol. The Morgan fingerprint density at radius 2 is 2.12 bits per heavy atom. The van der Waals surface area contributed by atoms with Gasteiger partial charge >= 0.3 is 0 Å². The number of amides is 1. The second kappa shape index (κ2) is 4.57. The Labute approximate surface area is 98.3 Å². The Kier molecular flexibility index (Phi) is 3.14. The summed E-state index contributed by atoms with van der Waals surface area (Å²) in [5.41, 5.74) is 6.21. The van der Waals surface area contributed by atoms with Crippen molar-refractivity contribution in [1.29, 1.82) is 5.41 Å². The van der Waals surface area contributed by atoms with Gasteiger partial charge in [0.1, 0.15) is 0 Å². The number of hydrogen-bond donors (Lipinski definition) is 2. The van der Waals surface area contributed by atoms with Crippen LogP contribution in [0.15, 0.2) is 30.3 Å². The molecule has 1 aliphatic heterocycles. The molecule has 1 aromatic carbocycles. The number of amidine groups is 1. The first-order valence-electron chi connectivity index (χ1n) is 5.05.